The van der Waals surface area contributed by atoms with E-state index in [1.807, 2.05) is 6.07 Å². The third-order valence-corrected chi connectivity index (χ3v) is 3.22. The molecule has 0 amide bonds. The zero-order chi connectivity index (χ0) is 13.5. The Morgan fingerprint density at radius 3 is 2.21 bits per heavy atom. The Bertz CT molecular complexity index is 476. The van der Waals surface area contributed by atoms with Gasteiger partial charge in [0, 0.05) is 18.3 Å². The van der Waals surface area contributed by atoms with Gasteiger partial charge in [-0.05, 0) is 29.7 Å². The molecule has 100 valence electrons. The van der Waals surface area contributed by atoms with Crippen LogP contribution in [0.3, 0.4) is 0 Å². The summed E-state index contributed by atoms with van der Waals surface area (Å²) >= 11 is 0. The minimum atomic E-state index is 0.235. The summed E-state index contributed by atoms with van der Waals surface area (Å²) in [6.45, 7) is 2.99. The Balaban J connectivity index is 1.95. The Morgan fingerprint density at radius 2 is 1.58 bits per heavy atom. The van der Waals surface area contributed by atoms with E-state index < -0.39 is 0 Å². The second kappa shape index (κ2) is 6.95. The second-order valence-corrected chi connectivity index (χ2v) is 4.87. The van der Waals surface area contributed by atoms with Crippen molar-refractivity contribution in [3.05, 3.63) is 54.6 Å². The van der Waals surface area contributed by atoms with E-state index in [-0.39, 0.29) is 6.04 Å². The highest BCUT2D eigenvalue weighted by atomic mass is 14.9. The monoisotopic (exact) mass is 254 g/mol. The average molecular weight is 254 g/mol. The first kappa shape index (κ1) is 13.6. The van der Waals surface area contributed by atoms with E-state index in [1.165, 1.54) is 11.1 Å². The van der Waals surface area contributed by atoms with Gasteiger partial charge in [-0.15, -0.1) is 0 Å². The van der Waals surface area contributed by atoms with Crippen LogP contribution >= 0.6 is 0 Å². The van der Waals surface area contributed by atoms with Gasteiger partial charge in [-0.1, -0.05) is 55.8 Å². The summed E-state index contributed by atoms with van der Waals surface area (Å²) in [6, 6.07) is 19.1. The molecule has 2 heteroatoms. The van der Waals surface area contributed by atoms with Crippen LogP contribution < -0.4 is 11.1 Å². The molecule has 0 radical (unpaired) electrons. The average Bonchev–Trinajstić information content (AvgIpc) is 2.47. The summed E-state index contributed by atoms with van der Waals surface area (Å²) in [4.78, 5) is 0. The molecule has 2 nitrogen and oxygen atoms in total. The molecule has 2 rings (SSSR count). The van der Waals surface area contributed by atoms with Crippen molar-refractivity contribution in [1.29, 1.82) is 0 Å². The molecule has 0 saturated heterocycles. The summed E-state index contributed by atoms with van der Waals surface area (Å²) in [5.41, 5.74) is 9.61. The number of hydrogen-bond donors (Lipinski definition) is 2. The standard InChI is InChI=1S/C17H22N2/c1-2-6-16(18)13-19-17-11-9-15(10-12-17)14-7-4-3-5-8-14/h3-5,7-12,16,19H,2,6,13,18H2,1H3. The minimum Gasteiger partial charge on any atom is -0.383 e. The van der Waals surface area contributed by atoms with Crippen molar-refractivity contribution in [1.82, 2.24) is 0 Å². The van der Waals surface area contributed by atoms with E-state index in [9.17, 15) is 0 Å². The number of rotatable bonds is 6. The summed E-state index contributed by atoms with van der Waals surface area (Å²) in [7, 11) is 0. The number of hydrogen-bond acceptors (Lipinski definition) is 2. The van der Waals surface area contributed by atoms with E-state index in [2.05, 4.69) is 60.8 Å². The number of anilines is 1. The molecule has 0 fully saturated rings. The molecule has 0 saturated carbocycles. The van der Waals surface area contributed by atoms with Crippen LogP contribution in [0.1, 0.15) is 19.8 Å². The fourth-order valence-electron chi connectivity index (χ4n) is 2.13. The molecule has 0 aliphatic heterocycles. The molecule has 2 aromatic carbocycles. The molecule has 0 spiro atoms. The largest absolute Gasteiger partial charge is 0.383 e. The van der Waals surface area contributed by atoms with E-state index in [0.29, 0.717) is 0 Å². The van der Waals surface area contributed by atoms with Crippen molar-refractivity contribution in [2.24, 2.45) is 5.73 Å². The van der Waals surface area contributed by atoms with Crippen molar-refractivity contribution in [2.75, 3.05) is 11.9 Å². The van der Waals surface area contributed by atoms with Gasteiger partial charge in [0.15, 0.2) is 0 Å². The predicted octanol–water partition coefficient (Wildman–Crippen LogP) is 3.89. The third-order valence-electron chi connectivity index (χ3n) is 3.22. The molecule has 19 heavy (non-hydrogen) atoms. The zero-order valence-corrected chi connectivity index (χ0v) is 11.5. The van der Waals surface area contributed by atoms with Crippen LogP contribution in [0.25, 0.3) is 11.1 Å². The first-order chi connectivity index (χ1) is 9.29. The van der Waals surface area contributed by atoms with Gasteiger partial charge in [0.1, 0.15) is 0 Å². The maximum absolute atomic E-state index is 5.99. The van der Waals surface area contributed by atoms with Gasteiger partial charge in [0.2, 0.25) is 0 Å². The molecular formula is C17H22N2. The molecule has 0 aliphatic carbocycles. The van der Waals surface area contributed by atoms with Gasteiger partial charge in [-0.25, -0.2) is 0 Å². The highest BCUT2D eigenvalue weighted by Gasteiger charge is 2.01. The summed E-state index contributed by atoms with van der Waals surface area (Å²) in [5.74, 6) is 0. The smallest absolute Gasteiger partial charge is 0.0341 e. The molecule has 0 aliphatic rings. The molecular weight excluding hydrogens is 232 g/mol. The normalized spacial score (nSPS) is 12.1. The fourth-order valence-corrected chi connectivity index (χ4v) is 2.13. The van der Waals surface area contributed by atoms with E-state index in [0.717, 1.165) is 25.1 Å². The topological polar surface area (TPSA) is 38.0 Å². The number of benzene rings is 2. The third kappa shape index (κ3) is 4.11. The lowest BCUT2D eigenvalue weighted by molar-refractivity contribution is 0.627. The van der Waals surface area contributed by atoms with Crippen LogP contribution in [0.2, 0.25) is 0 Å². The lowest BCUT2D eigenvalue weighted by atomic mass is 10.1. The quantitative estimate of drug-likeness (QED) is 0.820. The van der Waals surface area contributed by atoms with Crippen molar-refractivity contribution in [2.45, 2.75) is 25.8 Å². The van der Waals surface area contributed by atoms with Gasteiger partial charge in [0.25, 0.3) is 0 Å². The Morgan fingerprint density at radius 1 is 0.947 bits per heavy atom. The SMILES string of the molecule is CCCC(N)CNc1ccc(-c2ccccc2)cc1. The van der Waals surface area contributed by atoms with Crippen LogP contribution in [-0.2, 0) is 0 Å². The van der Waals surface area contributed by atoms with Crippen molar-refractivity contribution >= 4 is 5.69 Å². The molecule has 1 unspecified atom stereocenters. The zero-order valence-electron chi connectivity index (χ0n) is 11.5. The predicted molar refractivity (Wildman–Crippen MR) is 83.3 cm³/mol. The first-order valence-electron chi connectivity index (χ1n) is 6.94. The van der Waals surface area contributed by atoms with Crippen LogP contribution in [0, 0.1) is 0 Å². The lowest BCUT2D eigenvalue weighted by Crippen LogP contribution is -2.28. The van der Waals surface area contributed by atoms with E-state index in [1.54, 1.807) is 0 Å². The van der Waals surface area contributed by atoms with Gasteiger partial charge in [-0.2, -0.15) is 0 Å². The first-order valence-corrected chi connectivity index (χ1v) is 6.94. The fraction of sp³-hybridized carbons (Fsp3) is 0.294. The molecule has 0 heterocycles. The number of nitrogens with two attached hydrogens (primary N) is 1. The van der Waals surface area contributed by atoms with Crippen molar-refractivity contribution in [3.8, 4) is 11.1 Å². The minimum absolute atomic E-state index is 0.235. The molecule has 1 atom stereocenters. The van der Waals surface area contributed by atoms with Crippen LogP contribution in [0.5, 0.6) is 0 Å². The molecule has 0 aromatic heterocycles. The highest BCUT2D eigenvalue weighted by Crippen LogP contribution is 2.20. The summed E-state index contributed by atoms with van der Waals surface area (Å²) in [6.07, 6.45) is 2.20. The molecule has 0 bridgehead atoms. The van der Waals surface area contributed by atoms with Gasteiger partial charge in [-0.3, -0.25) is 0 Å². The van der Waals surface area contributed by atoms with E-state index in [4.69, 9.17) is 5.73 Å². The van der Waals surface area contributed by atoms with E-state index >= 15 is 0 Å². The van der Waals surface area contributed by atoms with Crippen molar-refractivity contribution < 1.29 is 0 Å². The Hall–Kier alpha value is -1.80. The van der Waals surface area contributed by atoms with Crippen LogP contribution in [0.15, 0.2) is 54.6 Å². The summed E-state index contributed by atoms with van der Waals surface area (Å²) < 4.78 is 0. The van der Waals surface area contributed by atoms with Crippen LogP contribution in [0.4, 0.5) is 5.69 Å². The highest BCUT2D eigenvalue weighted by molar-refractivity contribution is 5.65. The summed E-state index contributed by atoms with van der Waals surface area (Å²) in [5, 5.41) is 3.38. The Kier molecular flexibility index (Phi) is 4.99. The maximum atomic E-state index is 5.99. The Labute approximate surface area is 115 Å². The molecule has 2 aromatic rings. The number of nitrogens with one attached hydrogen (secondary N) is 1. The lowest BCUT2D eigenvalue weighted by Gasteiger charge is -2.13. The van der Waals surface area contributed by atoms with Gasteiger partial charge >= 0.3 is 0 Å². The van der Waals surface area contributed by atoms with Gasteiger partial charge in [0.05, 0.1) is 0 Å². The second-order valence-electron chi connectivity index (χ2n) is 4.87. The maximum Gasteiger partial charge on any atom is 0.0341 e. The van der Waals surface area contributed by atoms with Gasteiger partial charge < -0.3 is 11.1 Å². The van der Waals surface area contributed by atoms with Crippen molar-refractivity contribution in [3.63, 3.8) is 0 Å². The van der Waals surface area contributed by atoms with Crippen LogP contribution in [-0.4, -0.2) is 12.6 Å². The molecule has 3 N–H and O–H groups in total.